The maximum absolute atomic E-state index is 13.0. The lowest BCUT2D eigenvalue weighted by Gasteiger charge is -2.25. The molecule has 0 bridgehead atoms. The number of hydrogen-bond acceptors (Lipinski definition) is 3. The number of urea groups is 1. The van der Waals surface area contributed by atoms with Gasteiger partial charge in [0.25, 0.3) is 5.91 Å². The minimum Gasteiger partial charge on any atom is -0.319 e. The highest BCUT2D eigenvalue weighted by Crippen LogP contribution is 2.32. The lowest BCUT2D eigenvalue weighted by Crippen LogP contribution is -2.43. The van der Waals surface area contributed by atoms with Crippen molar-refractivity contribution in [3.63, 3.8) is 0 Å². The van der Waals surface area contributed by atoms with Crippen LogP contribution in [0, 0.1) is 5.82 Å². The van der Waals surface area contributed by atoms with Crippen molar-refractivity contribution in [2.45, 2.75) is 32.2 Å². The highest BCUT2D eigenvalue weighted by atomic mass is 19.1. The number of hydrogen-bond donors (Lipinski definition) is 1. The summed E-state index contributed by atoms with van der Waals surface area (Å²) in [6.45, 7) is 3.24. The van der Waals surface area contributed by atoms with Crippen molar-refractivity contribution in [1.29, 1.82) is 0 Å². The number of carbonyl (C=O) groups excluding carboxylic acids is 3. The Balaban J connectivity index is 2.32. The molecule has 0 unspecified atom stereocenters. The summed E-state index contributed by atoms with van der Waals surface area (Å²) in [5.74, 6) is -0.899. The molecule has 0 saturated carbocycles. The second kappa shape index (κ2) is 5.63. The van der Waals surface area contributed by atoms with Crippen LogP contribution in [0.25, 0.3) is 0 Å². The van der Waals surface area contributed by atoms with Gasteiger partial charge in [-0.15, -0.1) is 0 Å². The Morgan fingerprint density at radius 1 is 1.29 bits per heavy atom. The fourth-order valence-electron chi connectivity index (χ4n) is 2.47. The third kappa shape index (κ3) is 2.66. The van der Waals surface area contributed by atoms with E-state index in [1.807, 2.05) is 0 Å². The highest BCUT2D eigenvalue weighted by Gasteiger charge is 2.50. The molecule has 2 rings (SSSR count). The molecule has 1 aliphatic rings. The Kier molecular flexibility index (Phi) is 4.06. The predicted molar refractivity (Wildman–Crippen MR) is 73.9 cm³/mol. The van der Waals surface area contributed by atoms with Crippen LogP contribution in [-0.4, -0.2) is 29.2 Å². The summed E-state index contributed by atoms with van der Waals surface area (Å²) in [5, 5.41) is 2.68. The third-order valence-corrected chi connectivity index (χ3v) is 3.73. The van der Waals surface area contributed by atoms with Crippen molar-refractivity contribution < 1.29 is 18.8 Å². The van der Waals surface area contributed by atoms with Gasteiger partial charge in [0, 0.05) is 13.0 Å². The summed E-state index contributed by atoms with van der Waals surface area (Å²) in [5.41, 5.74) is -0.642. The average Bonchev–Trinajstić information content (AvgIpc) is 2.69. The SMILES string of the molecule is CC[C@@]1(c2ccc(F)cc2)NC(=O)N(CCC(C)=O)C1=O. The Bertz CT molecular complexity index is 585. The van der Waals surface area contributed by atoms with Gasteiger partial charge in [0.1, 0.15) is 17.1 Å². The van der Waals surface area contributed by atoms with Gasteiger partial charge in [-0.1, -0.05) is 19.1 Å². The molecule has 3 amide bonds. The van der Waals surface area contributed by atoms with Crippen LogP contribution < -0.4 is 5.32 Å². The van der Waals surface area contributed by atoms with E-state index in [9.17, 15) is 18.8 Å². The zero-order chi connectivity index (χ0) is 15.6. The fraction of sp³-hybridized carbons (Fsp3) is 0.400. The first kappa shape index (κ1) is 15.2. The summed E-state index contributed by atoms with van der Waals surface area (Å²) in [7, 11) is 0. The summed E-state index contributed by atoms with van der Waals surface area (Å²) < 4.78 is 13.0. The molecule has 0 aliphatic carbocycles. The summed E-state index contributed by atoms with van der Waals surface area (Å²) in [6, 6.07) is 4.97. The molecule has 0 spiro atoms. The minimum atomic E-state index is -1.18. The molecule has 0 aromatic heterocycles. The van der Waals surface area contributed by atoms with Crippen LogP contribution >= 0.6 is 0 Å². The molecule has 6 heteroatoms. The predicted octanol–water partition coefficient (Wildman–Crippen LogP) is 1.96. The van der Waals surface area contributed by atoms with Gasteiger partial charge in [-0.3, -0.25) is 14.5 Å². The lowest BCUT2D eigenvalue weighted by atomic mass is 9.87. The number of Topliss-reactive ketones (excluding diaryl/α,β-unsaturated/α-hetero) is 1. The van der Waals surface area contributed by atoms with Crippen LogP contribution in [0.5, 0.6) is 0 Å². The van der Waals surface area contributed by atoms with Crippen molar-refractivity contribution in [1.82, 2.24) is 10.2 Å². The van der Waals surface area contributed by atoms with Crippen LogP contribution in [0.15, 0.2) is 24.3 Å². The quantitative estimate of drug-likeness (QED) is 0.844. The molecular formula is C15H17FN2O3. The van der Waals surface area contributed by atoms with Crippen molar-refractivity contribution in [2.75, 3.05) is 6.54 Å². The van der Waals surface area contributed by atoms with E-state index < -0.39 is 23.3 Å². The van der Waals surface area contributed by atoms with E-state index in [-0.39, 0.29) is 18.7 Å². The molecule has 1 aromatic rings. The Morgan fingerprint density at radius 3 is 2.43 bits per heavy atom. The highest BCUT2D eigenvalue weighted by molar-refractivity contribution is 6.07. The Labute approximate surface area is 122 Å². The van der Waals surface area contributed by atoms with Gasteiger partial charge in [0.15, 0.2) is 0 Å². The standard InChI is InChI=1S/C15H17FN2O3/c1-3-15(11-4-6-12(16)7-5-11)13(20)18(14(21)17-15)9-8-10(2)19/h4-7H,3,8-9H2,1-2H3,(H,17,21)/t15-/m0/s1. The van der Waals surface area contributed by atoms with E-state index in [1.54, 1.807) is 6.92 Å². The van der Waals surface area contributed by atoms with Gasteiger partial charge < -0.3 is 5.32 Å². The van der Waals surface area contributed by atoms with Gasteiger partial charge in [-0.05, 0) is 31.0 Å². The first-order chi connectivity index (χ1) is 9.90. The average molecular weight is 292 g/mol. The smallest absolute Gasteiger partial charge is 0.319 e. The molecule has 1 heterocycles. The van der Waals surface area contributed by atoms with Crippen LogP contribution in [0.1, 0.15) is 32.3 Å². The number of ketones is 1. The molecule has 5 nitrogen and oxygen atoms in total. The molecular weight excluding hydrogens is 275 g/mol. The van der Waals surface area contributed by atoms with Crippen LogP contribution in [0.2, 0.25) is 0 Å². The number of nitrogens with one attached hydrogen (secondary N) is 1. The van der Waals surface area contributed by atoms with Gasteiger partial charge in [-0.2, -0.15) is 0 Å². The zero-order valence-electron chi connectivity index (χ0n) is 12.0. The number of benzene rings is 1. The molecule has 1 aromatic carbocycles. The Morgan fingerprint density at radius 2 is 1.90 bits per heavy atom. The second-order valence-corrected chi connectivity index (χ2v) is 5.10. The van der Waals surface area contributed by atoms with Crippen LogP contribution in [-0.2, 0) is 15.1 Å². The molecule has 1 aliphatic heterocycles. The minimum absolute atomic E-state index is 0.0585. The first-order valence-electron chi connectivity index (χ1n) is 6.80. The molecule has 1 fully saturated rings. The molecule has 1 N–H and O–H groups in total. The summed E-state index contributed by atoms with van der Waals surface area (Å²) in [6.07, 6.45) is 0.474. The largest absolute Gasteiger partial charge is 0.325 e. The normalized spacial score (nSPS) is 21.6. The van der Waals surface area contributed by atoms with Crippen molar-refractivity contribution in [3.8, 4) is 0 Å². The topological polar surface area (TPSA) is 66.5 Å². The number of carbonyl (C=O) groups is 3. The molecule has 0 radical (unpaired) electrons. The van der Waals surface area contributed by atoms with E-state index in [0.29, 0.717) is 12.0 Å². The van der Waals surface area contributed by atoms with E-state index in [2.05, 4.69) is 5.32 Å². The van der Waals surface area contributed by atoms with E-state index in [4.69, 9.17) is 0 Å². The molecule has 112 valence electrons. The molecule has 21 heavy (non-hydrogen) atoms. The van der Waals surface area contributed by atoms with Gasteiger partial charge in [-0.25, -0.2) is 9.18 Å². The number of imide groups is 1. The van der Waals surface area contributed by atoms with E-state index in [0.717, 1.165) is 4.90 Å². The third-order valence-electron chi connectivity index (χ3n) is 3.73. The van der Waals surface area contributed by atoms with Crippen LogP contribution in [0.3, 0.4) is 0 Å². The summed E-state index contributed by atoms with van der Waals surface area (Å²) in [4.78, 5) is 36.7. The summed E-state index contributed by atoms with van der Waals surface area (Å²) >= 11 is 0. The first-order valence-corrected chi connectivity index (χ1v) is 6.80. The zero-order valence-corrected chi connectivity index (χ0v) is 12.0. The van der Waals surface area contributed by atoms with Crippen LogP contribution in [0.4, 0.5) is 9.18 Å². The van der Waals surface area contributed by atoms with E-state index in [1.165, 1.54) is 31.2 Å². The second-order valence-electron chi connectivity index (χ2n) is 5.10. The van der Waals surface area contributed by atoms with Crippen molar-refractivity contribution >= 4 is 17.7 Å². The number of halogens is 1. The maximum atomic E-state index is 13.0. The number of rotatable bonds is 5. The van der Waals surface area contributed by atoms with Gasteiger partial charge in [0.05, 0.1) is 0 Å². The van der Waals surface area contributed by atoms with Gasteiger partial charge in [0.2, 0.25) is 0 Å². The van der Waals surface area contributed by atoms with E-state index >= 15 is 0 Å². The molecule has 1 atom stereocenters. The number of amides is 3. The monoisotopic (exact) mass is 292 g/mol. The van der Waals surface area contributed by atoms with Gasteiger partial charge >= 0.3 is 6.03 Å². The van der Waals surface area contributed by atoms with Crippen molar-refractivity contribution in [2.24, 2.45) is 0 Å². The number of nitrogens with zero attached hydrogens (tertiary/aromatic N) is 1. The lowest BCUT2D eigenvalue weighted by molar-refractivity contribution is -0.132. The Hall–Kier alpha value is -2.24. The molecule has 1 saturated heterocycles. The van der Waals surface area contributed by atoms with Crippen molar-refractivity contribution in [3.05, 3.63) is 35.6 Å². The fourth-order valence-corrected chi connectivity index (χ4v) is 2.47. The maximum Gasteiger partial charge on any atom is 0.325 e.